The smallest absolute Gasteiger partial charge is 0.342 e. The molecule has 1 aliphatic heterocycles. The molecule has 3 aromatic rings. The van der Waals surface area contributed by atoms with Crippen LogP contribution in [0, 0.1) is 5.92 Å². The number of carbonyl (C=O) groups is 4. The molecule has 0 aliphatic carbocycles. The summed E-state index contributed by atoms with van der Waals surface area (Å²) < 4.78 is 12.6. The van der Waals surface area contributed by atoms with E-state index in [1.54, 1.807) is 36.4 Å². The van der Waals surface area contributed by atoms with Gasteiger partial charge in [-0.2, -0.15) is 0 Å². The minimum Gasteiger partial charge on any atom is -0.357 e. The number of carbonyl (C=O) groups excluding carboxylic acids is 4. The van der Waals surface area contributed by atoms with Crippen molar-refractivity contribution in [2.75, 3.05) is 13.6 Å². The van der Waals surface area contributed by atoms with Crippen molar-refractivity contribution >= 4 is 42.0 Å². The molecule has 3 aromatic carbocycles. The number of nitrogens with zero attached hydrogens (tertiary/aromatic N) is 1. The first-order valence-electron chi connectivity index (χ1n) is 14.2. The zero-order valence-electron chi connectivity index (χ0n) is 24.3. The minimum absolute atomic E-state index is 0.0458. The fourth-order valence-corrected chi connectivity index (χ4v) is 6.17. The Hall–Kier alpha value is -3.89. The lowest BCUT2D eigenvalue weighted by Gasteiger charge is -2.31. The lowest BCUT2D eigenvalue weighted by molar-refractivity contribution is -0.130. The van der Waals surface area contributed by atoms with E-state index in [1.165, 1.54) is 7.05 Å². The van der Waals surface area contributed by atoms with Gasteiger partial charge in [0.1, 0.15) is 11.8 Å². The van der Waals surface area contributed by atoms with Crippen LogP contribution in [0.2, 0.25) is 0 Å². The Morgan fingerprint density at radius 3 is 2.00 bits per heavy atom. The number of hydrogen-bond acceptors (Lipinski definition) is 6. The van der Waals surface area contributed by atoms with E-state index >= 15 is 0 Å². The fourth-order valence-electron chi connectivity index (χ4n) is 5.34. The first-order chi connectivity index (χ1) is 20.4. The van der Waals surface area contributed by atoms with E-state index in [2.05, 4.69) is 16.0 Å². The summed E-state index contributed by atoms with van der Waals surface area (Å²) in [6.07, 6.45) is 0.131. The highest BCUT2D eigenvalue weighted by molar-refractivity contribution is 7.52. The molecular weight excluding hydrogens is 571 g/mol. The molecule has 1 aliphatic rings. The van der Waals surface area contributed by atoms with Crippen molar-refractivity contribution in [3.05, 3.63) is 83.4 Å². The van der Waals surface area contributed by atoms with Gasteiger partial charge in [-0.15, -0.1) is 0 Å². The van der Waals surface area contributed by atoms with Crippen molar-refractivity contribution < 1.29 is 33.5 Å². The number of hydrogen-bond donors (Lipinski definition) is 5. The van der Waals surface area contributed by atoms with Gasteiger partial charge in [0.2, 0.25) is 11.8 Å². The van der Waals surface area contributed by atoms with Gasteiger partial charge in [0.25, 0.3) is 11.8 Å². The SMILES string of the molecule is CNC(=O)[C@H](Cc1ccccc1)NC(=O)[C@H](CC(C)C)N[C@@H](CCN1C(=O)c2cccc3cccc(c23)C1=O)P(=O)(O)O. The van der Waals surface area contributed by atoms with Crippen molar-refractivity contribution in [1.29, 1.82) is 0 Å². The maximum absolute atomic E-state index is 13.5. The molecule has 43 heavy (non-hydrogen) atoms. The number of likely N-dealkylation sites (N-methyl/N-ethyl adjacent to an activating group) is 1. The van der Waals surface area contributed by atoms with E-state index < -0.39 is 49.1 Å². The Balaban J connectivity index is 1.52. The zero-order chi connectivity index (χ0) is 31.3. The highest BCUT2D eigenvalue weighted by Crippen LogP contribution is 2.42. The highest BCUT2D eigenvalue weighted by atomic mass is 31.2. The molecule has 12 heteroatoms. The second-order valence-electron chi connectivity index (χ2n) is 11.1. The summed E-state index contributed by atoms with van der Waals surface area (Å²) in [5.74, 6) is -3.69. The topological polar surface area (TPSA) is 165 Å². The van der Waals surface area contributed by atoms with Crippen LogP contribution in [0.4, 0.5) is 0 Å². The first kappa shape index (κ1) is 32.0. The standard InChI is InChI=1S/C31H37N4O7P/c1-19(2)17-24(29(37)34-25(28(36)32-3)18-20-9-5-4-6-10-20)33-26(43(40,41)42)15-16-35-30(38)22-13-7-11-21-12-8-14-23(27(21)22)31(35)39/h4-14,19,24-26,33H,15-18H2,1-3H3,(H,32,36)(H,34,37)(H2,40,41,42)/t24-,25-,26+/m0/s1. The van der Waals surface area contributed by atoms with Gasteiger partial charge in [0.05, 0.1) is 6.04 Å². The molecule has 0 saturated heterocycles. The Labute approximate surface area is 250 Å². The molecule has 0 aromatic heterocycles. The molecule has 5 N–H and O–H groups in total. The molecule has 0 bridgehead atoms. The van der Waals surface area contributed by atoms with Crippen LogP contribution in [0.15, 0.2) is 66.7 Å². The third-order valence-corrected chi connectivity index (χ3v) is 8.69. The zero-order valence-corrected chi connectivity index (χ0v) is 25.2. The minimum atomic E-state index is -4.86. The second-order valence-corrected chi connectivity index (χ2v) is 12.9. The first-order valence-corrected chi connectivity index (χ1v) is 15.8. The molecule has 0 radical (unpaired) electrons. The van der Waals surface area contributed by atoms with Crippen LogP contribution >= 0.6 is 7.60 Å². The van der Waals surface area contributed by atoms with Crippen molar-refractivity contribution in [2.45, 2.75) is 51.0 Å². The largest absolute Gasteiger partial charge is 0.357 e. The van der Waals surface area contributed by atoms with Gasteiger partial charge in [-0.05, 0) is 41.8 Å². The van der Waals surface area contributed by atoms with Crippen LogP contribution in [0.5, 0.6) is 0 Å². The van der Waals surface area contributed by atoms with Crippen LogP contribution in [0.3, 0.4) is 0 Å². The molecule has 0 unspecified atom stereocenters. The van der Waals surface area contributed by atoms with E-state index in [1.807, 2.05) is 44.2 Å². The van der Waals surface area contributed by atoms with Crippen LogP contribution < -0.4 is 16.0 Å². The Morgan fingerprint density at radius 1 is 0.860 bits per heavy atom. The van der Waals surface area contributed by atoms with E-state index in [9.17, 15) is 33.5 Å². The molecular formula is C31H37N4O7P. The number of amides is 4. The van der Waals surface area contributed by atoms with Crippen LogP contribution in [-0.2, 0) is 20.6 Å². The summed E-state index contributed by atoms with van der Waals surface area (Å²) in [4.78, 5) is 74.2. The maximum atomic E-state index is 13.5. The van der Waals surface area contributed by atoms with Gasteiger partial charge in [0, 0.05) is 36.5 Å². The molecule has 228 valence electrons. The third kappa shape index (κ3) is 7.55. The summed E-state index contributed by atoms with van der Waals surface area (Å²) in [6, 6.07) is 17.4. The lowest BCUT2D eigenvalue weighted by Crippen LogP contribution is -2.55. The molecule has 3 atom stereocenters. The predicted octanol–water partition coefficient (Wildman–Crippen LogP) is 2.81. The Kier molecular flexibility index (Phi) is 10.1. The van der Waals surface area contributed by atoms with Gasteiger partial charge < -0.3 is 20.4 Å². The molecule has 4 amide bonds. The van der Waals surface area contributed by atoms with Crippen molar-refractivity contribution in [3.63, 3.8) is 0 Å². The van der Waals surface area contributed by atoms with Gasteiger partial charge in [-0.1, -0.05) is 68.4 Å². The number of rotatable bonds is 13. The average Bonchev–Trinajstić information content (AvgIpc) is 2.97. The van der Waals surface area contributed by atoms with Crippen molar-refractivity contribution in [2.24, 2.45) is 5.92 Å². The molecule has 0 spiro atoms. The summed E-state index contributed by atoms with van der Waals surface area (Å²) >= 11 is 0. The maximum Gasteiger partial charge on any atom is 0.342 e. The van der Waals surface area contributed by atoms with Gasteiger partial charge in [-0.3, -0.25) is 34.0 Å². The summed E-state index contributed by atoms with van der Waals surface area (Å²) in [6.45, 7) is 3.44. The molecule has 1 heterocycles. The van der Waals surface area contributed by atoms with Crippen LogP contribution in [-0.4, -0.2) is 69.8 Å². The second kappa shape index (κ2) is 13.6. The normalized spacial score (nSPS) is 15.3. The molecule has 4 rings (SSSR count). The van der Waals surface area contributed by atoms with Crippen molar-refractivity contribution in [3.8, 4) is 0 Å². The predicted molar refractivity (Wildman–Crippen MR) is 162 cm³/mol. The third-order valence-electron chi connectivity index (χ3n) is 7.47. The van der Waals surface area contributed by atoms with E-state index in [0.717, 1.165) is 15.8 Å². The van der Waals surface area contributed by atoms with E-state index in [0.29, 0.717) is 16.5 Å². The number of nitrogens with one attached hydrogen (secondary N) is 3. The quantitative estimate of drug-likeness (QED) is 0.146. The molecule has 11 nitrogen and oxygen atoms in total. The van der Waals surface area contributed by atoms with Crippen molar-refractivity contribution in [1.82, 2.24) is 20.9 Å². The van der Waals surface area contributed by atoms with Crippen LogP contribution in [0.1, 0.15) is 53.0 Å². The highest BCUT2D eigenvalue weighted by Gasteiger charge is 2.38. The summed E-state index contributed by atoms with van der Waals surface area (Å²) in [5, 5.41) is 9.38. The van der Waals surface area contributed by atoms with E-state index in [-0.39, 0.29) is 31.7 Å². The fraction of sp³-hybridized carbons (Fsp3) is 0.355. The Morgan fingerprint density at radius 2 is 1.47 bits per heavy atom. The average molecular weight is 609 g/mol. The summed E-state index contributed by atoms with van der Waals surface area (Å²) in [7, 11) is -3.40. The molecule has 0 fully saturated rings. The van der Waals surface area contributed by atoms with Crippen LogP contribution in [0.25, 0.3) is 10.8 Å². The number of imide groups is 1. The lowest BCUT2D eigenvalue weighted by atomic mass is 9.94. The van der Waals surface area contributed by atoms with Gasteiger partial charge >= 0.3 is 7.60 Å². The monoisotopic (exact) mass is 608 g/mol. The molecule has 0 saturated carbocycles. The Bertz CT molecular complexity index is 1510. The summed E-state index contributed by atoms with van der Waals surface area (Å²) in [5.41, 5.74) is 1.50. The van der Waals surface area contributed by atoms with Gasteiger partial charge in [0.15, 0.2) is 0 Å². The van der Waals surface area contributed by atoms with Gasteiger partial charge in [-0.25, -0.2) is 0 Å². The number of benzene rings is 3. The van der Waals surface area contributed by atoms with E-state index in [4.69, 9.17) is 0 Å².